The molecule has 0 unspecified atom stereocenters. The molecular formula is C13H20ClN3O4. The zero-order valence-electron chi connectivity index (χ0n) is 11.8. The smallest absolute Gasteiger partial charge is 0.311 e. The molecule has 1 amide bonds. The van der Waals surface area contributed by atoms with Crippen molar-refractivity contribution in [3.63, 3.8) is 0 Å². The summed E-state index contributed by atoms with van der Waals surface area (Å²) >= 11 is 0. The third kappa shape index (κ3) is 5.97. The maximum absolute atomic E-state index is 11.8. The number of nitrogens with one attached hydrogen (secondary N) is 1. The van der Waals surface area contributed by atoms with Gasteiger partial charge in [0.25, 0.3) is 5.91 Å². The fourth-order valence-corrected chi connectivity index (χ4v) is 1.65. The van der Waals surface area contributed by atoms with E-state index in [4.69, 9.17) is 10.5 Å². The van der Waals surface area contributed by atoms with E-state index in [1.54, 1.807) is 6.92 Å². The van der Waals surface area contributed by atoms with Gasteiger partial charge in [0.1, 0.15) is 0 Å². The number of hydrogen-bond donors (Lipinski definition) is 2. The summed E-state index contributed by atoms with van der Waals surface area (Å²) in [5, 5.41) is 13.6. The Hall–Kier alpha value is -1.86. The zero-order chi connectivity index (χ0) is 15.0. The van der Waals surface area contributed by atoms with E-state index in [0.717, 1.165) is 12.8 Å². The first kappa shape index (κ1) is 19.1. The Bertz CT molecular complexity index is 482. The van der Waals surface area contributed by atoms with Gasteiger partial charge in [-0.2, -0.15) is 0 Å². The molecule has 8 heteroatoms. The van der Waals surface area contributed by atoms with Crippen LogP contribution < -0.4 is 15.8 Å². The molecular weight excluding hydrogens is 298 g/mol. The minimum absolute atomic E-state index is 0. The van der Waals surface area contributed by atoms with E-state index in [-0.39, 0.29) is 35.3 Å². The van der Waals surface area contributed by atoms with E-state index >= 15 is 0 Å². The molecule has 118 valence electrons. The number of unbranched alkanes of at least 4 members (excludes halogenated alkanes) is 1. The van der Waals surface area contributed by atoms with Gasteiger partial charge >= 0.3 is 5.69 Å². The maximum atomic E-state index is 11.8. The molecule has 0 saturated heterocycles. The molecule has 0 aliphatic rings. The second kappa shape index (κ2) is 9.95. The van der Waals surface area contributed by atoms with Crippen molar-refractivity contribution in [2.24, 2.45) is 5.73 Å². The van der Waals surface area contributed by atoms with Crippen LogP contribution in [0.1, 0.15) is 30.1 Å². The van der Waals surface area contributed by atoms with Gasteiger partial charge in [0.05, 0.1) is 11.5 Å². The Morgan fingerprint density at radius 3 is 2.71 bits per heavy atom. The normalized spacial score (nSPS) is 9.62. The lowest BCUT2D eigenvalue weighted by Gasteiger charge is -2.07. The Morgan fingerprint density at radius 1 is 1.43 bits per heavy atom. The van der Waals surface area contributed by atoms with Gasteiger partial charge in [-0.3, -0.25) is 14.9 Å². The molecule has 0 heterocycles. The second-order valence-electron chi connectivity index (χ2n) is 4.12. The number of rotatable bonds is 8. The lowest BCUT2D eigenvalue weighted by atomic mass is 10.1. The summed E-state index contributed by atoms with van der Waals surface area (Å²) in [6, 6.07) is 4.18. The van der Waals surface area contributed by atoms with Crippen molar-refractivity contribution in [2.45, 2.75) is 19.8 Å². The van der Waals surface area contributed by atoms with Crippen LogP contribution in [0.15, 0.2) is 18.2 Å². The monoisotopic (exact) mass is 317 g/mol. The summed E-state index contributed by atoms with van der Waals surface area (Å²) in [5.74, 6) is -0.176. The Balaban J connectivity index is 0.00000400. The van der Waals surface area contributed by atoms with Gasteiger partial charge in [-0.15, -0.1) is 12.4 Å². The highest BCUT2D eigenvalue weighted by atomic mass is 35.5. The van der Waals surface area contributed by atoms with E-state index < -0.39 is 4.92 Å². The summed E-state index contributed by atoms with van der Waals surface area (Å²) in [6.07, 6.45) is 1.60. The standard InChI is InChI=1S/C13H19N3O4.ClH/c1-2-20-12-6-5-10(9-11(12)16(18)19)13(17)15-8-4-3-7-14;/h5-6,9H,2-4,7-8,14H2,1H3,(H,15,17);1H. The molecule has 3 N–H and O–H groups in total. The highest BCUT2D eigenvalue weighted by molar-refractivity contribution is 5.95. The van der Waals surface area contributed by atoms with Crippen LogP contribution in [0.4, 0.5) is 5.69 Å². The van der Waals surface area contributed by atoms with E-state index in [2.05, 4.69) is 5.32 Å². The van der Waals surface area contributed by atoms with Gasteiger partial charge in [-0.25, -0.2) is 0 Å². The number of nitrogens with zero attached hydrogens (tertiary/aromatic N) is 1. The minimum atomic E-state index is -0.559. The predicted octanol–water partition coefficient (Wildman–Crippen LogP) is 1.88. The Morgan fingerprint density at radius 2 is 2.14 bits per heavy atom. The molecule has 0 atom stereocenters. The van der Waals surface area contributed by atoms with Gasteiger partial charge in [-0.1, -0.05) is 0 Å². The average molecular weight is 318 g/mol. The number of benzene rings is 1. The van der Waals surface area contributed by atoms with Crippen LogP contribution in [0.2, 0.25) is 0 Å². The number of ether oxygens (including phenoxy) is 1. The summed E-state index contributed by atoms with van der Waals surface area (Å²) < 4.78 is 5.16. The highest BCUT2D eigenvalue weighted by Crippen LogP contribution is 2.27. The highest BCUT2D eigenvalue weighted by Gasteiger charge is 2.18. The summed E-state index contributed by atoms with van der Waals surface area (Å²) in [4.78, 5) is 22.2. The number of hydrogen-bond acceptors (Lipinski definition) is 5. The van der Waals surface area contributed by atoms with Crippen molar-refractivity contribution in [1.29, 1.82) is 0 Å². The van der Waals surface area contributed by atoms with Crippen LogP contribution in [-0.4, -0.2) is 30.5 Å². The number of amides is 1. The Labute approximate surface area is 129 Å². The predicted molar refractivity (Wildman–Crippen MR) is 82.1 cm³/mol. The van der Waals surface area contributed by atoms with Crippen LogP contribution >= 0.6 is 12.4 Å². The first-order valence-corrected chi connectivity index (χ1v) is 6.49. The summed E-state index contributed by atoms with van der Waals surface area (Å²) in [5.41, 5.74) is 5.39. The number of nitro groups is 1. The first-order chi connectivity index (χ1) is 9.60. The van der Waals surface area contributed by atoms with E-state index in [0.29, 0.717) is 19.7 Å². The van der Waals surface area contributed by atoms with Gasteiger partial charge < -0.3 is 15.8 Å². The molecule has 0 bridgehead atoms. The van der Waals surface area contributed by atoms with Gasteiger partial charge in [0, 0.05) is 18.2 Å². The lowest BCUT2D eigenvalue weighted by Crippen LogP contribution is -2.25. The molecule has 0 aromatic heterocycles. The maximum Gasteiger partial charge on any atom is 0.311 e. The average Bonchev–Trinajstić information content (AvgIpc) is 2.44. The SMILES string of the molecule is CCOc1ccc(C(=O)NCCCCN)cc1[N+](=O)[O-].Cl. The minimum Gasteiger partial charge on any atom is -0.487 e. The topological polar surface area (TPSA) is 107 Å². The van der Waals surface area contributed by atoms with Crippen molar-refractivity contribution in [2.75, 3.05) is 19.7 Å². The first-order valence-electron chi connectivity index (χ1n) is 6.49. The molecule has 0 fully saturated rings. The number of halogens is 1. The van der Waals surface area contributed by atoms with Crippen molar-refractivity contribution in [1.82, 2.24) is 5.32 Å². The van der Waals surface area contributed by atoms with Crippen molar-refractivity contribution in [3.05, 3.63) is 33.9 Å². The van der Waals surface area contributed by atoms with Crippen LogP contribution in [0.3, 0.4) is 0 Å². The van der Waals surface area contributed by atoms with Crippen LogP contribution in [0.25, 0.3) is 0 Å². The van der Waals surface area contributed by atoms with Gasteiger partial charge in [-0.05, 0) is 38.4 Å². The van der Waals surface area contributed by atoms with Gasteiger partial charge in [0.15, 0.2) is 5.75 Å². The van der Waals surface area contributed by atoms with Crippen molar-refractivity contribution < 1.29 is 14.5 Å². The third-order valence-electron chi connectivity index (χ3n) is 2.63. The van der Waals surface area contributed by atoms with Crippen molar-refractivity contribution in [3.8, 4) is 5.75 Å². The second-order valence-corrected chi connectivity index (χ2v) is 4.12. The molecule has 0 aliphatic carbocycles. The number of nitrogens with two attached hydrogens (primary N) is 1. The van der Waals surface area contributed by atoms with E-state index in [1.807, 2.05) is 0 Å². The summed E-state index contributed by atoms with van der Waals surface area (Å²) in [6.45, 7) is 3.13. The molecule has 1 aromatic carbocycles. The van der Waals surface area contributed by atoms with Crippen LogP contribution in [0.5, 0.6) is 5.75 Å². The van der Waals surface area contributed by atoms with Crippen molar-refractivity contribution >= 4 is 24.0 Å². The molecule has 1 aromatic rings. The molecule has 1 rings (SSSR count). The van der Waals surface area contributed by atoms with Gasteiger partial charge in [0.2, 0.25) is 0 Å². The fourth-order valence-electron chi connectivity index (χ4n) is 1.65. The number of nitro benzene ring substituents is 1. The van der Waals surface area contributed by atoms with Crippen LogP contribution in [0, 0.1) is 10.1 Å². The number of carbonyl (C=O) groups is 1. The third-order valence-corrected chi connectivity index (χ3v) is 2.63. The lowest BCUT2D eigenvalue weighted by molar-refractivity contribution is -0.385. The molecule has 0 spiro atoms. The van der Waals surface area contributed by atoms with E-state index in [9.17, 15) is 14.9 Å². The largest absolute Gasteiger partial charge is 0.487 e. The van der Waals surface area contributed by atoms with E-state index in [1.165, 1.54) is 18.2 Å². The zero-order valence-corrected chi connectivity index (χ0v) is 12.6. The quantitative estimate of drug-likeness (QED) is 0.432. The molecule has 7 nitrogen and oxygen atoms in total. The number of carbonyl (C=O) groups excluding carboxylic acids is 1. The van der Waals surface area contributed by atoms with Crippen LogP contribution in [-0.2, 0) is 0 Å². The summed E-state index contributed by atoms with van der Waals surface area (Å²) in [7, 11) is 0. The molecule has 21 heavy (non-hydrogen) atoms. The Kier molecular flexibility index (Phi) is 9.07. The molecule has 0 saturated carbocycles. The molecule has 0 radical (unpaired) electrons. The molecule has 0 aliphatic heterocycles. The fraction of sp³-hybridized carbons (Fsp3) is 0.462.